The smallest absolute Gasteiger partial charge is 0.353 e. The van der Waals surface area contributed by atoms with Crippen molar-refractivity contribution >= 4 is 85.2 Å². The average molecular weight is 590 g/mol. The Hall–Kier alpha value is -3.47. The van der Waals surface area contributed by atoms with Crippen LogP contribution < -0.4 is 11.1 Å². The van der Waals surface area contributed by atoms with Gasteiger partial charge < -0.3 is 21.0 Å². The van der Waals surface area contributed by atoms with Crippen LogP contribution in [0.4, 0.5) is 5.13 Å². The molecule has 38 heavy (non-hydrogen) atoms. The summed E-state index contributed by atoms with van der Waals surface area (Å²) in [6, 6.07) is 2.31. The largest absolute Gasteiger partial charge is 0.477 e. The Morgan fingerprint density at radius 3 is 2.97 bits per heavy atom. The molecule has 3 aromatic heterocycles. The Labute approximate surface area is 232 Å². The first-order chi connectivity index (χ1) is 18.4. The van der Waals surface area contributed by atoms with Gasteiger partial charge in [0.25, 0.3) is 11.8 Å². The van der Waals surface area contributed by atoms with Crippen LogP contribution in [0.15, 0.2) is 56.0 Å². The number of oxime groups is 1. The van der Waals surface area contributed by atoms with E-state index in [0.717, 1.165) is 26.0 Å². The van der Waals surface area contributed by atoms with Crippen LogP contribution in [0.2, 0.25) is 0 Å². The molecule has 4 N–H and O–H groups in total. The number of hydrogen-bond donors (Lipinski definition) is 3. The van der Waals surface area contributed by atoms with Crippen molar-refractivity contribution in [1.29, 1.82) is 0 Å². The number of carbonyl (C=O) groups is 3. The molecule has 16 heteroatoms. The molecule has 1 fully saturated rings. The Balaban J connectivity index is 1.26. The van der Waals surface area contributed by atoms with Crippen LogP contribution in [-0.2, 0) is 19.2 Å². The summed E-state index contributed by atoms with van der Waals surface area (Å²) in [5.41, 5.74) is 6.46. The monoisotopic (exact) mass is 589 g/mol. The summed E-state index contributed by atoms with van der Waals surface area (Å²) < 4.78 is 0.861. The molecule has 2 atom stereocenters. The molecule has 12 nitrogen and oxygen atoms in total. The van der Waals surface area contributed by atoms with E-state index in [1.165, 1.54) is 46.9 Å². The maximum Gasteiger partial charge on any atom is 0.353 e. The van der Waals surface area contributed by atoms with Gasteiger partial charge >= 0.3 is 5.97 Å². The number of carboxylic acid groups (broad SMARTS) is 1. The van der Waals surface area contributed by atoms with Gasteiger partial charge in [0.1, 0.15) is 34.9 Å². The Bertz CT molecular complexity index is 1480. The minimum atomic E-state index is -1.22. The second-order valence-corrected chi connectivity index (χ2v) is 12.0. The van der Waals surface area contributed by atoms with Gasteiger partial charge in [0.2, 0.25) is 0 Å². The average Bonchev–Trinajstić information content (AvgIpc) is 3.53. The number of nitrogens with one attached hydrogen (secondary N) is 1. The number of allylic oxidation sites excluding steroid dienone is 1. The first-order valence-corrected chi connectivity index (χ1v) is 14.6. The number of amides is 2. The van der Waals surface area contributed by atoms with Crippen molar-refractivity contribution in [1.82, 2.24) is 25.2 Å². The highest BCUT2D eigenvalue weighted by Crippen LogP contribution is 2.40. The quantitative estimate of drug-likeness (QED) is 0.144. The van der Waals surface area contributed by atoms with Crippen LogP contribution in [0.3, 0.4) is 0 Å². The van der Waals surface area contributed by atoms with Crippen molar-refractivity contribution in [3.8, 4) is 0 Å². The predicted octanol–water partition coefficient (Wildman–Crippen LogP) is 2.17. The van der Waals surface area contributed by atoms with E-state index in [1.54, 1.807) is 17.7 Å². The summed E-state index contributed by atoms with van der Waals surface area (Å²) in [6.45, 7) is 0. The van der Waals surface area contributed by atoms with Gasteiger partial charge in [-0.3, -0.25) is 14.5 Å². The van der Waals surface area contributed by atoms with Crippen LogP contribution in [0, 0.1) is 0 Å². The fourth-order valence-electron chi connectivity index (χ4n) is 3.84. The molecule has 3 aromatic rings. The molecule has 0 saturated carbocycles. The first kappa shape index (κ1) is 26.1. The summed E-state index contributed by atoms with van der Waals surface area (Å²) in [7, 11) is 1.28. The highest BCUT2D eigenvalue weighted by Gasteiger charge is 2.54. The molecule has 2 aliphatic heterocycles. The van der Waals surface area contributed by atoms with Crippen molar-refractivity contribution < 1.29 is 24.3 Å². The van der Waals surface area contributed by atoms with Crippen molar-refractivity contribution in [3.63, 3.8) is 0 Å². The number of rotatable bonds is 9. The van der Waals surface area contributed by atoms with Gasteiger partial charge in [0, 0.05) is 28.0 Å². The van der Waals surface area contributed by atoms with Crippen LogP contribution in [0.1, 0.15) is 5.69 Å². The molecular weight excluding hydrogens is 571 g/mol. The molecule has 0 spiro atoms. The van der Waals surface area contributed by atoms with Crippen LogP contribution in [-0.4, -0.2) is 79.2 Å². The Morgan fingerprint density at radius 2 is 2.26 bits per heavy atom. The molecule has 2 amide bonds. The van der Waals surface area contributed by atoms with E-state index in [4.69, 9.17) is 10.6 Å². The van der Waals surface area contributed by atoms with E-state index in [1.807, 2.05) is 18.2 Å². The van der Waals surface area contributed by atoms with Crippen molar-refractivity contribution in [2.24, 2.45) is 5.16 Å². The van der Waals surface area contributed by atoms with Gasteiger partial charge in [-0.25, -0.2) is 19.7 Å². The number of aliphatic carboxylic acids is 1. The van der Waals surface area contributed by atoms with Crippen LogP contribution >= 0.6 is 46.2 Å². The molecule has 0 aliphatic carbocycles. The summed E-state index contributed by atoms with van der Waals surface area (Å²) in [5, 5.41) is 18.0. The van der Waals surface area contributed by atoms with E-state index in [9.17, 15) is 19.5 Å². The first-order valence-electron chi connectivity index (χ1n) is 10.9. The Kier molecular flexibility index (Phi) is 7.64. The molecule has 0 unspecified atom stereocenters. The minimum Gasteiger partial charge on any atom is -0.477 e. The van der Waals surface area contributed by atoms with E-state index in [-0.39, 0.29) is 22.2 Å². The normalized spacial score (nSPS) is 19.6. The van der Waals surface area contributed by atoms with Gasteiger partial charge in [0.15, 0.2) is 15.2 Å². The number of pyridine rings is 1. The number of anilines is 1. The molecule has 1 saturated heterocycles. The molecule has 196 valence electrons. The number of carboxylic acids is 1. The van der Waals surface area contributed by atoms with Gasteiger partial charge in [-0.15, -0.1) is 23.1 Å². The van der Waals surface area contributed by atoms with Crippen molar-refractivity contribution in [2.75, 3.05) is 24.3 Å². The summed E-state index contributed by atoms with van der Waals surface area (Å²) in [6.07, 6.45) is 5.27. The molecule has 5 rings (SSSR count). The lowest BCUT2D eigenvalue weighted by Crippen LogP contribution is -2.73. The maximum atomic E-state index is 13.0. The fraction of sp³-hybridized carbons (Fsp3) is 0.227. The third-order valence-electron chi connectivity index (χ3n) is 5.47. The van der Waals surface area contributed by atoms with E-state index in [2.05, 4.69) is 25.4 Å². The number of thioether (sulfide) groups is 2. The lowest BCUT2D eigenvalue weighted by Gasteiger charge is -2.49. The van der Waals surface area contributed by atoms with Gasteiger partial charge in [-0.05, 0) is 18.2 Å². The van der Waals surface area contributed by atoms with E-state index >= 15 is 0 Å². The third kappa shape index (κ3) is 5.11. The highest BCUT2D eigenvalue weighted by atomic mass is 32.2. The molecular formula is C22H19N7O5S4. The maximum absolute atomic E-state index is 13.0. The van der Waals surface area contributed by atoms with Crippen LogP contribution in [0.5, 0.6) is 0 Å². The molecule has 0 bridgehead atoms. The number of hydrogen-bond acceptors (Lipinski definition) is 13. The van der Waals surface area contributed by atoms with Crippen molar-refractivity contribution in [3.05, 3.63) is 52.2 Å². The zero-order chi connectivity index (χ0) is 26.8. The summed E-state index contributed by atoms with van der Waals surface area (Å²) in [4.78, 5) is 58.1. The second kappa shape index (κ2) is 11.1. The number of nitrogens with zero attached hydrogens (tertiary/aromatic N) is 5. The van der Waals surface area contributed by atoms with E-state index < -0.39 is 29.9 Å². The Morgan fingerprint density at radius 1 is 1.42 bits per heavy atom. The standard InChI is InChI=1S/C22H19N7O5S4/c1-34-28-14(11-8-37-21(23)25-11)17(30)27-15-12-9-36-13(16(20(32)33)29(12)19(15)31)5-3-7-35-22-26-10-4-2-6-24-18(10)38-22/h2-6,8,12,15H,7,9H2,1H3,(H2,23,25)(H,27,30)(H,32,33)/t12-,15+/m1/s1. The SMILES string of the molecule is CON=C(C(=O)N[C@@H]1C(=O)N2C(C(=O)O)=C(C=CCSc3nc4cccnc4s3)SC[C@H]12)c1csc(N)n1. The number of aromatic nitrogens is 3. The van der Waals surface area contributed by atoms with Gasteiger partial charge in [-0.2, -0.15) is 0 Å². The number of nitrogens with two attached hydrogens (primary N) is 1. The van der Waals surface area contributed by atoms with E-state index in [0.29, 0.717) is 16.4 Å². The number of thiazole rings is 2. The molecule has 0 aromatic carbocycles. The fourth-order valence-corrected chi connectivity index (χ4v) is 7.41. The third-order valence-corrected chi connectivity index (χ3v) is 9.37. The number of nitrogen functional groups attached to an aromatic ring is 1. The number of β-lactam (4-membered cyclic amide) rings is 1. The van der Waals surface area contributed by atoms with Gasteiger partial charge in [0.05, 0.1) is 6.04 Å². The summed E-state index contributed by atoms with van der Waals surface area (Å²) >= 11 is 5.45. The van der Waals surface area contributed by atoms with Crippen LogP contribution in [0.25, 0.3) is 10.3 Å². The zero-order valence-electron chi connectivity index (χ0n) is 19.6. The predicted molar refractivity (Wildman–Crippen MR) is 147 cm³/mol. The molecule has 2 aliphatic rings. The number of fused-ring (bicyclic) bond motifs is 2. The minimum absolute atomic E-state index is 0.106. The zero-order valence-corrected chi connectivity index (χ0v) is 22.8. The van der Waals surface area contributed by atoms with Crippen molar-refractivity contribution in [2.45, 2.75) is 16.4 Å². The topological polar surface area (TPSA) is 173 Å². The highest BCUT2D eigenvalue weighted by molar-refractivity contribution is 8.03. The molecule has 5 heterocycles. The molecule has 0 radical (unpaired) electrons. The lowest BCUT2D eigenvalue weighted by molar-refractivity contribution is -0.153. The number of carbonyl (C=O) groups excluding carboxylic acids is 2. The lowest BCUT2D eigenvalue weighted by atomic mass is 9.94. The van der Waals surface area contributed by atoms with Gasteiger partial charge in [-0.1, -0.05) is 34.3 Å². The summed E-state index contributed by atoms with van der Waals surface area (Å²) in [5.74, 6) is -1.43. The second-order valence-electron chi connectivity index (χ2n) is 7.77.